The lowest BCUT2D eigenvalue weighted by molar-refractivity contribution is 0.473. The van der Waals surface area contributed by atoms with Gasteiger partial charge in [-0.05, 0) is 42.5 Å². The zero-order chi connectivity index (χ0) is 15.7. The lowest BCUT2D eigenvalue weighted by atomic mass is 9.99. The summed E-state index contributed by atoms with van der Waals surface area (Å²) in [7, 11) is -3.47. The van der Waals surface area contributed by atoms with Crippen molar-refractivity contribution >= 4 is 21.6 Å². The molecule has 1 aliphatic heterocycles. The molecule has 1 saturated heterocycles. The van der Waals surface area contributed by atoms with Crippen molar-refractivity contribution in [3.63, 3.8) is 0 Å². The first kappa shape index (κ1) is 15.5. The molecule has 0 spiro atoms. The first-order valence-corrected chi connectivity index (χ1v) is 9.11. The number of hydrogen-bond acceptors (Lipinski definition) is 2. The highest BCUT2D eigenvalue weighted by Crippen LogP contribution is 2.31. The number of rotatable bonds is 3. The smallest absolute Gasteiger partial charge is 0.207 e. The lowest BCUT2D eigenvalue weighted by Gasteiger charge is -2.17. The zero-order valence-electron chi connectivity index (χ0n) is 12.4. The van der Waals surface area contributed by atoms with E-state index in [0.29, 0.717) is 18.1 Å². The summed E-state index contributed by atoms with van der Waals surface area (Å²) >= 11 is 6.07. The van der Waals surface area contributed by atoms with E-state index in [4.69, 9.17) is 11.6 Å². The van der Waals surface area contributed by atoms with Gasteiger partial charge in [-0.1, -0.05) is 48.0 Å². The number of sulfonamides is 1. The lowest BCUT2D eigenvalue weighted by Crippen LogP contribution is -2.28. The molecule has 22 heavy (non-hydrogen) atoms. The number of benzene rings is 2. The van der Waals surface area contributed by atoms with Crippen LogP contribution in [0, 0.1) is 6.92 Å². The Hall–Kier alpha value is -1.36. The highest BCUT2D eigenvalue weighted by atomic mass is 35.5. The maximum atomic E-state index is 12.7. The molecule has 1 atom stereocenters. The summed E-state index contributed by atoms with van der Waals surface area (Å²) in [6, 6.07) is 15.0. The minimum Gasteiger partial charge on any atom is -0.207 e. The first-order chi connectivity index (χ1) is 10.5. The fourth-order valence-electron chi connectivity index (χ4n) is 2.83. The Morgan fingerprint density at radius 3 is 2.55 bits per heavy atom. The second kappa shape index (κ2) is 6.03. The van der Waals surface area contributed by atoms with Gasteiger partial charge in [-0.25, -0.2) is 8.42 Å². The van der Waals surface area contributed by atoms with E-state index in [0.717, 1.165) is 12.0 Å². The van der Waals surface area contributed by atoms with Gasteiger partial charge in [0.05, 0.1) is 4.90 Å². The van der Waals surface area contributed by atoms with Crippen molar-refractivity contribution in [1.29, 1.82) is 0 Å². The van der Waals surface area contributed by atoms with Crippen molar-refractivity contribution in [2.45, 2.75) is 24.2 Å². The molecule has 2 aromatic rings. The van der Waals surface area contributed by atoms with Gasteiger partial charge in [0.2, 0.25) is 10.0 Å². The van der Waals surface area contributed by atoms with Crippen molar-refractivity contribution < 1.29 is 8.42 Å². The van der Waals surface area contributed by atoms with Crippen molar-refractivity contribution in [3.8, 4) is 0 Å². The Kier molecular flexibility index (Phi) is 4.26. The van der Waals surface area contributed by atoms with E-state index >= 15 is 0 Å². The molecule has 0 saturated carbocycles. The molecule has 5 heteroatoms. The summed E-state index contributed by atoms with van der Waals surface area (Å²) in [6.07, 6.45) is 0.850. The van der Waals surface area contributed by atoms with E-state index < -0.39 is 10.0 Å². The molecular weight excluding hydrogens is 318 g/mol. The van der Waals surface area contributed by atoms with Gasteiger partial charge in [0.25, 0.3) is 0 Å². The van der Waals surface area contributed by atoms with Crippen molar-refractivity contribution in [2.24, 2.45) is 0 Å². The van der Waals surface area contributed by atoms with Crippen LogP contribution in [-0.2, 0) is 10.0 Å². The molecule has 0 amide bonds. The molecule has 1 unspecified atom stereocenters. The number of halogens is 1. The van der Waals surface area contributed by atoms with Crippen LogP contribution in [0.4, 0.5) is 0 Å². The van der Waals surface area contributed by atoms with E-state index in [9.17, 15) is 8.42 Å². The Labute approximate surface area is 136 Å². The Balaban J connectivity index is 1.83. The molecule has 2 aromatic carbocycles. The normalized spacial score (nSPS) is 19.5. The van der Waals surface area contributed by atoms with Gasteiger partial charge < -0.3 is 0 Å². The van der Waals surface area contributed by atoms with E-state index in [-0.39, 0.29) is 10.8 Å². The molecule has 0 bridgehead atoms. The topological polar surface area (TPSA) is 37.4 Å². The molecular formula is C17H18ClNO2S. The predicted molar refractivity (Wildman–Crippen MR) is 88.7 cm³/mol. The fraction of sp³-hybridized carbons (Fsp3) is 0.294. The molecule has 1 fully saturated rings. The van der Waals surface area contributed by atoms with E-state index in [1.807, 2.05) is 25.1 Å². The molecule has 3 nitrogen and oxygen atoms in total. The quantitative estimate of drug-likeness (QED) is 0.855. The van der Waals surface area contributed by atoms with E-state index in [1.54, 1.807) is 22.5 Å². The molecule has 0 N–H and O–H groups in total. The van der Waals surface area contributed by atoms with Gasteiger partial charge in [-0.2, -0.15) is 4.31 Å². The minimum absolute atomic E-state index is 0.261. The Bertz CT molecular complexity index is 775. The van der Waals surface area contributed by atoms with Gasteiger partial charge in [0, 0.05) is 18.1 Å². The summed E-state index contributed by atoms with van der Waals surface area (Å²) < 4.78 is 27.0. The third-order valence-electron chi connectivity index (χ3n) is 4.20. The largest absolute Gasteiger partial charge is 0.243 e. The van der Waals surface area contributed by atoms with Crippen LogP contribution >= 0.6 is 11.6 Å². The third-order valence-corrected chi connectivity index (χ3v) is 6.47. The van der Waals surface area contributed by atoms with E-state index in [1.165, 1.54) is 5.56 Å². The third kappa shape index (κ3) is 2.91. The van der Waals surface area contributed by atoms with Gasteiger partial charge >= 0.3 is 0 Å². The second-order valence-corrected chi connectivity index (χ2v) is 8.02. The van der Waals surface area contributed by atoms with Crippen LogP contribution in [0.3, 0.4) is 0 Å². The standard InChI is InChI=1S/C17H18ClNO2S/c1-13-7-8-16(11-17(13)18)22(20,21)19-10-9-15(12-19)14-5-3-2-4-6-14/h2-8,11,15H,9-10,12H2,1H3. The Morgan fingerprint density at radius 1 is 1.14 bits per heavy atom. The molecule has 0 radical (unpaired) electrons. The molecule has 1 aliphatic rings. The first-order valence-electron chi connectivity index (χ1n) is 7.30. The van der Waals surface area contributed by atoms with Crippen LogP contribution in [0.25, 0.3) is 0 Å². The van der Waals surface area contributed by atoms with Gasteiger partial charge in [-0.3, -0.25) is 0 Å². The van der Waals surface area contributed by atoms with Crippen LogP contribution in [-0.4, -0.2) is 25.8 Å². The molecule has 3 rings (SSSR count). The maximum absolute atomic E-state index is 12.7. The van der Waals surface area contributed by atoms with Crippen molar-refractivity contribution in [2.75, 3.05) is 13.1 Å². The average molecular weight is 336 g/mol. The van der Waals surface area contributed by atoms with Gasteiger partial charge in [0.15, 0.2) is 0 Å². The summed E-state index contributed by atoms with van der Waals surface area (Å²) in [6.45, 7) is 2.94. The Morgan fingerprint density at radius 2 is 1.86 bits per heavy atom. The molecule has 0 aromatic heterocycles. The van der Waals surface area contributed by atoms with Crippen LogP contribution in [0.1, 0.15) is 23.5 Å². The number of aryl methyl sites for hydroxylation is 1. The maximum Gasteiger partial charge on any atom is 0.243 e. The molecule has 0 aliphatic carbocycles. The van der Waals surface area contributed by atoms with Crippen molar-refractivity contribution in [3.05, 3.63) is 64.7 Å². The molecule has 1 heterocycles. The number of hydrogen-bond donors (Lipinski definition) is 0. The second-order valence-electron chi connectivity index (χ2n) is 5.67. The van der Waals surface area contributed by atoms with E-state index in [2.05, 4.69) is 12.1 Å². The summed E-state index contributed by atoms with van der Waals surface area (Å²) in [4.78, 5) is 0.275. The minimum atomic E-state index is -3.47. The fourth-order valence-corrected chi connectivity index (χ4v) is 4.60. The highest BCUT2D eigenvalue weighted by molar-refractivity contribution is 7.89. The van der Waals surface area contributed by atoms with Crippen LogP contribution in [0.2, 0.25) is 5.02 Å². The van der Waals surface area contributed by atoms with Gasteiger partial charge in [-0.15, -0.1) is 0 Å². The van der Waals surface area contributed by atoms with Crippen LogP contribution in [0.5, 0.6) is 0 Å². The zero-order valence-corrected chi connectivity index (χ0v) is 13.9. The monoisotopic (exact) mass is 335 g/mol. The molecule has 116 valence electrons. The predicted octanol–water partition coefficient (Wildman–Crippen LogP) is 3.83. The highest BCUT2D eigenvalue weighted by Gasteiger charge is 2.33. The van der Waals surface area contributed by atoms with Gasteiger partial charge in [0.1, 0.15) is 0 Å². The summed E-state index contributed by atoms with van der Waals surface area (Å²) in [5, 5.41) is 0.486. The summed E-state index contributed by atoms with van der Waals surface area (Å²) in [5.74, 6) is 0.261. The summed E-state index contributed by atoms with van der Waals surface area (Å²) in [5.41, 5.74) is 2.08. The SMILES string of the molecule is Cc1ccc(S(=O)(=O)N2CCC(c3ccccc3)C2)cc1Cl. The number of nitrogens with zero attached hydrogens (tertiary/aromatic N) is 1. The van der Waals surface area contributed by atoms with Crippen LogP contribution < -0.4 is 0 Å². The van der Waals surface area contributed by atoms with Crippen molar-refractivity contribution in [1.82, 2.24) is 4.31 Å². The van der Waals surface area contributed by atoms with Crippen LogP contribution in [0.15, 0.2) is 53.4 Å². The average Bonchev–Trinajstić information content (AvgIpc) is 3.01.